The smallest absolute Gasteiger partial charge is 0.338 e. The van der Waals surface area contributed by atoms with E-state index in [9.17, 15) is 18.0 Å². The molecule has 0 radical (unpaired) electrons. The van der Waals surface area contributed by atoms with Gasteiger partial charge in [0.1, 0.15) is 6.54 Å². The number of aryl methyl sites for hydroxylation is 2. The second kappa shape index (κ2) is 10.3. The molecule has 0 saturated heterocycles. The van der Waals surface area contributed by atoms with Gasteiger partial charge in [-0.2, -0.15) is 0 Å². The maximum absolute atomic E-state index is 13.4. The summed E-state index contributed by atoms with van der Waals surface area (Å²) in [5.74, 6) is -0.970. The standard InChI is InChI=1S/C25H26N2O5S/c1-4-32-25(29)20-11-13-21(14-12-20)26-24(28)17-27(22-15-10-18(2)19(3)16-22)33(30,31)23-8-6-5-7-9-23/h5-16H,4,17H2,1-3H3,(H,26,28). The van der Waals surface area contributed by atoms with E-state index >= 15 is 0 Å². The van der Waals surface area contributed by atoms with E-state index in [2.05, 4.69) is 5.32 Å². The summed E-state index contributed by atoms with van der Waals surface area (Å²) in [6.07, 6.45) is 0. The first-order valence-electron chi connectivity index (χ1n) is 10.4. The van der Waals surface area contributed by atoms with Crippen LogP contribution in [-0.4, -0.2) is 33.4 Å². The van der Waals surface area contributed by atoms with Crippen molar-refractivity contribution in [3.8, 4) is 0 Å². The molecule has 0 aliphatic heterocycles. The van der Waals surface area contributed by atoms with Crippen LogP contribution in [0.25, 0.3) is 0 Å². The van der Waals surface area contributed by atoms with Crippen LogP contribution in [0.4, 0.5) is 11.4 Å². The van der Waals surface area contributed by atoms with Crippen molar-refractivity contribution in [2.75, 3.05) is 22.8 Å². The second-order valence-electron chi connectivity index (χ2n) is 7.44. The third kappa shape index (κ3) is 5.78. The van der Waals surface area contributed by atoms with Gasteiger partial charge in [-0.15, -0.1) is 0 Å². The molecule has 3 rings (SSSR count). The number of hydrogen-bond donors (Lipinski definition) is 1. The summed E-state index contributed by atoms with van der Waals surface area (Å²) in [7, 11) is -3.98. The van der Waals surface area contributed by atoms with Gasteiger partial charge in [0.25, 0.3) is 10.0 Å². The van der Waals surface area contributed by atoms with Crippen LogP contribution in [0.1, 0.15) is 28.4 Å². The molecule has 0 heterocycles. The minimum Gasteiger partial charge on any atom is -0.462 e. The number of rotatable bonds is 8. The van der Waals surface area contributed by atoms with E-state index in [-0.39, 0.29) is 11.5 Å². The first kappa shape index (κ1) is 24.0. The van der Waals surface area contributed by atoms with E-state index in [0.29, 0.717) is 16.9 Å². The molecule has 0 aliphatic carbocycles. The van der Waals surface area contributed by atoms with Crippen LogP contribution in [0.5, 0.6) is 0 Å². The van der Waals surface area contributed by atoms with Gasteiger partial charge in [-0.05, 0) is 80.4 Å². The molecule has 7 nitrogen and oxygen atoms in total. The number of sulfonamides is 1. The molecule has 3 aromatic carbocycles. The van der Waals surface area contributed by atoms with Crippen LogP contribution in [0, 0.1) is 13.8 Å². The summed E-state index contributed by atoms with van der Waals surface area (Å²) >= 11 is 0. The summed E-state index contributed by atoms with van der Waals surface area (Å²) in [6, 6.07) is 19.5. The molecule has 0 bridgehead atoms. The van der Waals surface area contributed by atoms with Crippen LogP contribution < -0.4 is 9.62 Å². The maximum Gasteiger partial charge on any atom is 0.338 e. The Kier molecular flexibility index (Phi) is 7.50. The number of hydrogen-bond acceptors (Lipinski definition) is 5. The fraction of sp³-hybridized carbons (Fsp3) is 0.200. The SMILES string of the molecule is CCOC(=O)c1ccc(NC(=O)CN(c2ccc(C)c(C)c2)S(=O)(=O)c2ccccc2)cc1. The van der Waals surface area contributed by atoms with Gasteiger partial charge in [-0.25, -0.2) is 13.2 Å². The van der Waals surface area contributed by atoms with Gasteiger partial charge < -0.3 is 10.1 Å². The topological polar surface area (TPSA) is 92.8 Å². The Bertz CT molecular complexity index is 1240. The Hall–Kier alpha value is -3.65. The van der Waals surface area contributed by atoms with Gasteiger partial charge in [0.05, 0.1) is 22.8 Å². The third-order valence-corrected chi connectivity index (χ3v) is 6.86. The number of carbonyl (C=O) groups is 2. The van der Waals surface area contributed by atoms with E-state index in [4.69, 9.17) is 4.74 Å². The molecule has 8 heteroatoms. The highest BCUT2D eigenvalue weighted by atomic mass is 32.2. The Morgan fingerprint density at radius 1 is 0.909 bits per heavy atom. The lowest BCUT2D eigenvalue weighted by Crippen LogP contribution is -2.38. The highest BCUT2D eigenvalue weighted by Crippen LogP contribution is 2.26. The Morgan fingerprint density at radius 2 is 1.58 bits per heavy atom. The van der Waals surface area contributed by atoms with E-state index < -0.39 is 28.4 Å². The molecule has 172 valence electrons. The maximum atomic E-state index is 13.4. The van der Waals surface area contributed by atoms with Crippen molar-refractivity contribution in [1.82, 2.24) is 0 Å². The first-order valence-corrected chi connectivity index (χ1v) is 11.9. The number of benzene rings is 3. The van der Waals surface area contributed by atoms with Crippen molar-refractivity contribution in [3.63, 3.8) is 0 Å². The molecule has 0 unspecified atom stereocenters. The van der Waals surface area contributed by atoms with E-state index in [1.165, 1.54) is 24.3 Å². The second-order valence-corrected chi connectivity index (χ2v) is 9.30. The molecule has 0 saturated carbocycles. The summed E-state index contributed by atoms with van der Waals surface area (Å²) in [6.45, 7) is 5.39. The van der Waals surface area contributed by atoms with Crippen LogP contribution in [0.2, 0.25) is 0 Å². The molecule has 1 amide bonds. The van der Waals surface area contributed by atoms with Crippen LogP contribution in [-0.2, 0) is 19.6 Å². The van der Waals surface area contributed by atoms with Gasteiger partial charge in [-0.1, -0.05) is 24.3 Å². The number of esters is 1. The lowest BCUT2D eigenvalue weighted by Gasteiger charge is -2.25. The number of nitrogens with one attached hydrogen (secondary N) is 1. The molecule has 3 aromatic rings. The van der Waals surface area contributed by atoms with Crippen LogP contribution in [0.3, 0.4) is 0 Å². The lowest BCUT2D eigenvalue weighted by atomic mass is 10.1. The number of amides is 1. The predicted molar refractivity (Wildman–Crippen MR) is 128 cm³/mol. The third-order valence-electron chi connectivity index (χ3n) is 5.08. The molecule has 0 spiro atoms. The number of carbonyl (C=O) groups excluding carboxylic acids is 2. The fourth-order valence-corrected chi connectivity index (χ4v) is 4.58. The number of nitrogens with zero attached hydrogens (tertiary/aromatic N) is 1. The van der Waals surface area contributed by atoms with Crippen LogP contribution >= 0.6 is 0 Å². The number of ether oxygens (including phenoxy) is 1. The number of anilines is 2. The molecule has 33 heavy (non-hydrogen) atoms. The lowest BCUT2D eigenvalue weighted by molar-refractivity contribution is -0.114. The highest BCUT2D eigenvalue weighted by Gasteiger charge is 2.27. The first-order chi connectivity index (χ1) is 15.7. The van der Waals surface area contributed by atoms with Gasteiger partial charge in [0.15, 0.2) is 0 Å². The zero-order chi connectivity index (χ0) is 24.0. The minimum atomic E-state index is -3.98. The fourth-order valence-electron chi connectivity index (χ4n) is 3.15. The molecular weight excluding hydrogens is 440 g/mol. The van der Waals surface area contributed by atoms with Crippen molar-refractivity contribution >= 4 is 33.3 Å². The normalized spacial score (nSPS) is 11.0. The van der Waals surface area contributed by atoms with Crippen molar-refractivity contribution in [2.45, 2.75) is 25.7 Å². The van der Waals surface area contributed by atoms with Crippen LogP contribution in [0.15, 0.2) is 77.7 Å². The van der Waals surface area contributed by atoms with Gasteiger partial charge in [0, 0.05) is 5.69 Å². The Labute approximate surface area is 194 Å². The monoisotopic (exact) mass is 466 g/mol. The zero-order valence-corrected chi connectivity index (χ0v) is 19.6. The summed E-state index contributed by atoms with van der Waals surface area (Å²) in [5.41, 5.74) is 3.12. The zero-order valence-electron chi connectivity index (χ0n) is 18.7. The minimum absolute atomic E-state index is 0.0924. The summed E-state index contributed by atoms with van der Waals surface area (Å²) in [5, 5.41) is 2.69. The molecule has 0 atom stereocenters. The van der Waals surface area contributed by atoms with Gasteiger partial charge in [0.2, 0.25) is 5.91 Å². The van der Waals surface area contributed by atoms with Gasteiger partial charge in [-0.3, -0.25) is 9.10 Å². The Morgan fingerprint density at radius 3 is 2.18 bits per heavy atom. The summed E-state index contributed by atoms with van der Waals surface area (Å²) < 4.78 is 32.8. The van der Waals surface area contributed by atoms with E-state index in [1.54, 1.807) is 49.4 Å². The molecule has 1 N–H and O–H groups in total. The van der Waals surface area contributed by atoms with E-state index in [0.717, 1.165) is 15.4 Å². The average Bonchev–Trinajstić information content (AvgIpc) is 2.80. The Balaban J connectivity index is 1.86. The molecular formula is C25H26N2O5S. The average molecular weight is 467 g/mol. The van der Waals surface area contributed by atoms with E-state index in [1.807, 2.05) is 19.9 Å². The summed E-state index contributed by atoms with van der Waals surface area (Å²) in [4.78, 5) is 24.7. The molecule has 0 aromatic heterocycles. The predicted octanol–water partition coefficient (Wildman–Crippen LogP) is 4.31. The largest absolute Gasteiger partial charge is 0.462 e. The van der Waals surface area contributed by atoms with Crippen molar-refractivity contribution < 1.29 is 22.7 Å². The quantitative estimate of drug-likeness (QED) is 0.499. The van der Waals surface area contributed by atoms with Crippen molar-refractivity contribution in [3.05, 3.63) is 89.5 Å². The van der Waals surface area contributed by atoms with Gasteiger partial charge >= 0.3 is 5.97 Å². The van der Waals surface area contributed by atoms with Crippen molar-refractivity contribution in [1.29, 1.82) is 0 Å². The molecule has 0 fully saturated rings. The highest BCUT2D eigenvalue weighted by molar-refractivity contribution is 7.92. The van der Waals surface area contributed by atoms with Crippen molar-refractivity contribution in [2.24, 2.45) is 0 Å². The molecule has 0 aliphatic rings.